The van der Waals surface area contributed by atoms with Crippen LogP contribution in [0.3, 0.4) is 0 Å². The highest BCUT2D eigenvalue weighted by Crippen LogP contribution is 2.33. The number of nitrogens with zero attached hydrogens (tertiary/aromatic N) is 2. The number of amides is 1. The number of carbonyl (C=O) groups excluding carboxylic acids is 1. The van der Waals surface area contributed by atoms with Crippen molar-refractivity contribution in [3.8, 4) is 0 Å². The Morgan fingerprint density at radius 3 is 2.61 bits per heavy atom. The Morgan fingerprint density at radius 2 is 1.86 bits per heavy atom. The van der Waals surface area contributed by atoms with Gasteiger partial charge in [-0.25, -0.2) is 8.42 Å². The van der Waals surface area contributed by atoms with Gasteiger partial charge in [0, 0.05) is 29.8 Å². The molecule has 1 atom stereocenters. The van der Waals surface area contributed by atoms with Crippen LogP contribution in [0.4, 0.5) is 5.69 Å². The maximum Gasteiger partial charge on any atom is 0.243 e. The molecule has 4 rings (SSSR count). The molecule has 7 heteroatoms. The van der Waals surface area contributed by atoms with E-state index in [0.29, 0.717) is 24.4 Å². The number of sulfonamides is 1. The summed E-state index contributed by atoms with van der Waals surface area (Å²) in [5.74, 6) is -0.270. The second kappa shape index (κ2) is 7.61. The number of benzene rings is 2. The van der Waals surface area contributed by atoms with Crippen LogP contribution < -0.4 is 4.90 Å². The number of halogens is 1. The third-order valence-electron chi connectivity index (χ3n) is 5.60. The average Bonchev–Trinajstić information content (AvgIpc) is 3.10. The van der Waals surface area contributed by atoms with E-state index in [1.165, 1.54) is 4.31 Å². The third-order valence-corrected chi connectivity index (χ3v) is 7.97. The summed E-state index contributed by atoms with van der Waals surface area (Å²) in [4.78, 5) is 15.3. The highest BCUT2D eigenvalue weighted by Gasteiger charge is 2.36. The van der Waals surface area contributed by atoms with E-state index in [9.17, 15) is 13.2 Å². The Labute approximate surface area is 174 Å². The normalized spacial score (nSPS) is 20.2. The fourth-order valence-corrected chi connectivity index (χ4v) is 5.97. The number of hydrogen-bond acceptors (Lipinski definition) is 3. The number of rotatable bonds is 3. The van der Waals surface area contributed by atoms with Gasteiger partial charge in [0.1, 0.15) is 0 Å². The fourth-order valence-electron chi connectivity index (χ4n) is 4.04. The van der Waals surface area contributed by atoms with Crippen LogP contribution in [-0.2, 0) is 21.2 Å². The number of piperidine rings is 1. The van der Waals surface area contributed by atoms with Gasteiger partial charge in [0.25, 0.3) is 0 Å². The van der Waals surface area contributed by atoms with Gasteiger partial charge in [0.05, 0.1) is 10.8 Å². The van der Waals surface area contributed by atoms with Crippen LogP contribution >= 0.6 is 15.9 Å². The summed E-state index contributed by atoms with van der Waals surface area (Å²) in [5.41, 5.74) is 3.12. The van der Waals surface area contributed by atoms with Crippen LogP contribution in [0.25, 0.3) is 0 Å². The molecule has 5 nitrogen and oxygen atoms in total. The highest BCUT2D eigenvalue weighted by atomic mass is 79.9. The maximum absolute atomic E-state index is 13.2. The smallest absolute Gasteiger partial charge is 0.243 e. The van der Waals surface area contributed by atoms with Crippen molar-refractivity contribution in [1.82, 2.24) is 4.31 Å². The summed E-state index contributed by atoms with van der Waals surface area (Å²) in [5, 5.41) is 0. The number of anilines is 1. The molecule has 1 fully saturated rings. The summed E-state index contributed by atoms with van der Waals surface area (Å²) >= 11 is 3.48. The first-order valence-corrected chi connectivity index (χ1v) is 11.8. The van der Waals surface area contributed by atoms with Gasteiger partial charge in [0.15, 0.2) is 0 Å². The molecule has 2 aromatic rings. The van der Waals surface area contributed by atoms with Crippen molar-refractivity contribution in [2.75, 3.05) is 24.5 Å². The summed E-state index contributed by atoms with van der Waals surface area (Å²) in [6, 6.07) is 12.9. The first-order valence-electron chi connectivity index (χ1n) is 9.53. The fraction of sp³-hybridized carbons (Fsp3) is 0.381. The lowest BCUT2D eigenvalue weighted by Crippen LogP contribution is -2.46. The minimum atomic E-state index is -3.58. The molecule has 0 spiro atoms. The van der Waals surface area contributed by atoms with E-state index in [1.54, 1.807) is 24.3 Å². The predicted molar refractivity (Wildman–Crippen MR) is 113 cm³/mol. The van der Waals surface area contributed by atoms with E-state index < -0.39 is 10.0 Å². The maximum atomic E-state index is 13.2. The molecule has 0 N–H and O–H groups in total. The first kappa shape index (κ1) is 19.6. The molecule has 0 aromatic heterocycles. The monoisotopic (exact) mass is 462 g/mol. The van der Waals surface area contributed by atoms with E-state index in [2.05, 4.69) is 22.0 Å². The lowest BCUT2D eigenvalue weighted by Gasteiger charge is -2.33. The van der Waals surface area contributed by atoms with Gasteiger partial charge in [-0.15, -0.1) is 0 Å². The lowest BCUT2D eigenvalue weighted by atomic mass is 9.98. The first-order chi connectivity index (χ1) is 13.4. The minimum Gasteiger partial charge on any atom is -0.312 e. The molecule has 0 radical (unpaired) electrons. The molecule has 0 saturated carbocycles. The van der Waals surface area contributed by atoms with Crippen LogP contribution in [0.15, 0.2) is 51.8 Å². The number of fused-ring (bicyclic) bond motifs is 1. The zero-order valence-electron chi connectivity index (χ0n) is 15.8. The molecule has 28 heavy (non-hydrogen) atoms. The van der Waals surface area contributed by atoms with Gasteiger partial charge in [0.2, 0.25) is 15.9 Å². The Kier molecular flexibility index (Phi) is 5.33. The van der Waals surface area contributed by atoms with Gasteiger partial charge in [-0.1, -0.05) is 33.6 Å². The molecular formula is C21H23BrN2O3S. The van der Waals surface area contributed by atoms with Crippen LogP contribution in [0.2, 0.25) is 0 Å². The van der Waals surface area contributed by atoms with Crippen molar-refractivity contribution < 1.29 is 13.2 Å². The standard InChI is InChI=1S/C21H23BrN2O3S/c1-15-4-7-19(8-5-15)28(26,27)23-11-2-3-17(14-23)21(25)24-12-10-16-13-18(22)6-9-20(16)24/h4-9,13,17H,2-3,10-12,14H2,1H3/t17-/m1/s1. The summed E-state index contributed by atoms with van der Waals surface area (Å²) < 4.78 is 28.5. The number of hydrogen-bond donors (Lipinski definition) is 0. The molecule has 2 heterocycles. The largest absolute Gasteiger partial charge is 0.312 e. The Bertz CT molecular complexity index is 1000. The van der Waals surface area contributed by atoms with Crippen molar-refractivity contribution in [3.63, 3.8) is 0 Å². The quantitative estimate of drug-likeness (QED) is 0.697. The molecule has 148 valence electrons. The number of aryl methyl sites for hydroxylation is 1. The SMILES string of the molecule is Cc1ccc(S(=O)(=O)N2CCC[C@@H](C(=O)N3CCc4cc(Br)ccc43)C2)cc1. The Balaban J connectivity index is 1.53. The van der Waals surface area contributed by atoms with Crippen LogP contribution in [0.1, 0.15) is 24.0 Å². The van der Waals surface area contributed by atoms with Gasteiger partial charge < -0.3 is 4.90 Å². The van der Waals surface area contributed by atoms with Gasteiger partial charge in [-0.2, -0.15) is 4.31 Å². The summed E-state index contributed by atoms with van der Waals surface area (Å²) in [7, 11) is -3.58. The van der Waals surface area contributed by atoms with E-state index in [4.69, 9.17) is 0 Å². The van der Waals surface area contributed by atoms with Gasteiger partial charge in [-0.05, 0) is 62.1 Å². The molecule has 2 aromatic carbocycles. The zero-order valence-corrected chi connectivity index (χ0v) is 18.2. The zero-order chi connectivity index (χ0) is 19.9. The van der Waals surface area contributed by atoms with E-state index in [0.717, 1.165) is 34.1 Å². The van der Waals surface area contributed by atoms with E-state index in [-0.39, 0.29) is 18.4 Å². The average molecular weight is 463 g/mol. The van der Waals surface area contributed by atoms with Crippen molar-refractivity contribution >= 4 is 37.5 Å². The van der Waals surface area contributed by atoms with Crippen molar-refractivity contribution in [1.29, 1.82) is 0 Å². The van der Waals surface area contributed by atoms with Gasteiger partial charge >= 0.3 is 0 Å². The van der Waals surface area contributed by atoms with Crippen molar-refractivity contribution in [2.24, 2.45) is 5.92 Å². The lowest BCUT2D eigenvalue weighted by molar-refractivity contribution is -0.123. The third kappa shape index (κ3) is 3.63. The summed E-state index contributed by atoms with van der Waals surface area (Å²) in [6.07, 6.45) is 2.25. The topological polar surface area (TPSA) is 57.7 Å². The van der Waals surface area contributed by atoms with Gasteiger partial charge in [-0.3, -0.25) is 4.79 Å². The van der Waals surface area contributed by atoms with E-state index >= 15 is 0 Å². The molecular weight excluding hydrogens is 440 g/mol. The molecule has 2 aliphatic heterocycles. The molecule has 1 saturated heterocycles. The van der Waals surface area contributed by atoms with Crippen molar-refractivity contribution in [2.45, 2.75) is 31.1 Å². The second-order valence-electron chi connectivity index (χ2n) is 7.53. The highest BCUT2D eigenvalue weighted by molar-refractivity contribution is 9.10. The predicted octanol–water partition coefficient (Wildman–Crippen LogP) is 3.75. The van der Waals surface area contributed by atoms with Crippen LogP contribution in [-0.4, -0.2) is 38.3 Å². The Morgan fingerprint density at radius 1 is 1.11 bits per heavy atom. The second-order valence-corrected chi connectivity index (χ2v) is 10.4. The van der Waals surface area contributed by atoms with Crippen LogP contribution in [0.5, 0.6) is 0 Å². The molecule has 0 unspecified atom stereocenters. The minimum absolute atomic E-state index is 0.0323. The molecule has 1 amide bonds. The molecule has 0 bridgehead atoms. The van der Waals surface area contributed by atoms with E-state index in [1.807, 2.05) is 24.0 Å². The molecule has 0 aliphatic carbocycles. The molecule has 2 aliphatic rings. The van der Waals surface area contributed by atoms with Crippen LogP contribution in [0, 0.1) is 12.8 Å². The number of carbonyl (C=O) groups is 1. The Hall–Kier alpha value is -1.70. The van der Waals surface area contributed by atoms with Crippen molar-refractivity contribution in [3.05, 3.63) is 58.1 Å². The summed E-state index contributed by atoms with van der Waals surface area (Å²) in [6.45, 7) is 3.30.